The number of aliphatic hydroxyl groups is 1. The summed E-state index contributed by atoms with van der Waals surface area (Å²) in [7, 11) is 0. The lowest BCUT2D eigenvalue weighted by molar-refractivity contribution is -0.141. The molecule has 0 aliphatic rings. The first-order valence-electron chi connectivity index (χ1n) is 6.50. The SMILES string of the molecule is O=C(O)CCCc1cn(C(CCCCO)C(=O)O)nn1. The van der Waals surface area contributed by atoms with Crippen LogP contribution in [0.3, 0.4) is 0 Å². The number of aromatic nitrogens is 3. The van der Waals surface area contributed by atoms with Crippen molar-refractivity contribution in [2.24, 2.45) is 0 Å². The second-order valence-corrected chi connectivity index (χ2v) is 4.51. The van der Waals surface area contributed by atoms with Crippen LogP contribution in [0.5, 0.6) is 0 Å². The number of nitrogens with zero attached hydrogens (tertiary/aromatic N) is 3. The molecule has 20 heavy (non-hydrogen) atoms. The second kappa shape index (κ2) is 8.26. The highest BCUT2D eigenvalue weighted by Gasteiger charge is 2.20. The average molecular weight is 285 g/mol. The lowest BCUT2D eigenvalue weighted by Gasteiger charge is -2.11. The number of carbonyl (C=O) groups is 2. The van der Waals surface area contributed by atoms with E-state index < -0.39 is 18.0 Å². The summed E-state index contributed by atoms with van der Waals surface area (Å²) in [6.07, 6.45) is 3.98. The molecule has 0 spiro atoms. The molecule has 8 nitrogen and oxygen atoms in total. The smallest absolute Gasteiger partial charge is 0.328 e. The molecule has 112 valence electrons. The average Bonchev–Trinajstić information content (AvgIpc) is 2.82. The summed E-state index contributed by atoms with van der Waals surface area (Å²) in [5, 5.41) is 34.0. The summed E-state index contributed by atoms with van der Waals surface area (Å²) in [5.74, 6) is -1.87. The Morgan fingerprint density at radius 3 is 2.60 bits per heavy atom. The van der Waals surface area contributed by atoms with Gasteiger partial charge in [0.25, 0.3) is 0 Å². The summed E-state index contributed by atoms with van der Waals surface area (Å²) in [5.41, 5.74) is 0.583. The molecule has 1 atom stereocenters. The molecule has 3 N–H and O–H groups in total. The number of hydrogen-bond acceptors (Lipinski definition) is 5. The minimum absolute atomic E-state index is 0.0319. The van der Waals surface area contributed by atoms with E-state index in [1.165, 1.54) is 4.68 Å². The molecule has 1 aromatic rings. The molecule has 1 unspecified atom stereocenters. The normalized spacial score (nSPS) is 12.2. The van der Waals surface area contributed by atoms with Gasteiger partial charge in [-0.05, 0) is 32.1 Å². The number of hydrogen-bond donors (Lipinski definition) is 3. The first-order chi connectivity index (χ1) is 9.54. The maximum Gasteiger partial charge on any atom is 0.328 e. The van der Waals surface area contributed by atoms with Crippen LogP contribution in [-0.2, 0) is 16.0 Å². The molecule has 0 aliphatic carbocycles. The summed E-state index contributed by atoms with van der Waals surface area (Å²) < 4.78 is 1.29. The number of aliphatic hydroxyl groups excluding tert-OH is 1. The molecule has 1 aromatic heterocycles. The van der Waals surface area contributed by atoms with Gasteiger partial charge in [0.2, 0.25) is 0 Å². The monoisotopic (exact) mass is 285 g/mol. The van der Waals surface area contributed by atoms with Crippen LogP contribution in [0.4, 0.5) is 0 Å². The summed E-state index contributed by atoms with van der Waals surface area (Å²) in [6, 6.07) is -0.803. The van der Waals surface area contributed by atoms with Crippen LogP contribution in [0.2, 0.25) is 0 Å². The lowest BCUT2D eigenvalue weighted by Crippen LogP contribution is -2.19. The van der Waals surface area contributed by atoms with Crippen molar-refractivity contribution in [3.63, 3.8) is 0 Å². The Kier molecular flexibility index (Phi) is 6.65. The van der Waals surface area contributed by atoms with Crippen LogP contribution in [-0.4, -0.2) is 48.9 Å². The molecule has 0 amide bonds. The van der Waals surface area contributed by atoms with Crippen LogP contribution in [0.15, 0.2) is 6.20 Å². The summed E-state index contributed by atoms with van der Waals surface area (Å²) >= 11 is 0. The Balaban J connectivity index is 2.56. The van der Waals surface area contributed by atoms with Crippen molar-refractivity contribution in [2.45, 2.75) is 44.6 Å². The van der Waals surface area contributed by atoms with Crippen molar-refractivity contribution in [3.8, 4) is 0 Å². The number of rotatable bonds is 10. The molecule has 0 saturated heterocycles. The zero-order valence-corrected chi connectivity index (χ0v) is 11.1. The third kappa shape index (κ3) is 5.35. The lowest BCUT2D eigenvalue weighted by atomic mass is 10.1. The maximum absolute atomic E-state index is 11.2. The maximum atomic E-state index is 11.2. The molecule has 0 aromatic carbocycles. The van der Waals surface area contributed by atoms with E-state index in [1.54, 1.807) is 6.20 Å². The van der Waals surface area contributed by atoms with Crippen LogP contribution in [0, 0.1) is 0 Å². The van der Waals surface area contributed by atoms with Crippen molar-refractivity contribution in [1.29, 1.82) is 0 Å². The number of unbranched alkanes of at least 4 members (excludes halogenated alkanes) is 1. The van der Waals surface area contributed by atoms with E-state index in [0.717, 1.165) is 0 Å². The van der Waals surface area contributed by atoms with Gasteiger partial charge in [0.1, 0.15) is 0 Å². The van der Waals surface area contributed by atoms with E-state index in [4.69, 9.17) is 15.3 Å². The highest BCUT2D eigenvalue weighted by atomic mass is 16.4. The minimum Gasteiger partial charge on any atom is -0.481 e. The van der Waals surface area contributed by atoms with Crippen molar-refractivity contribution in [2.75, 3.05) is 6.61 Å². The van der Waals surface area contributed by atoms with Gasteiger partial charge in [0, 0.05) is 19.2 Å². The zero-order valence-electron chi connectivity index (χ0n) is 11.1. The third-order valence-corrected chi connectivity index (χ3v) is 2.87. The molecule has 0 radical (unpaired) electrons. The molecule has 0 saturated carbocycles. The largest absolute Gasteiger partial charge is 0.481 e. The first kappa shape index (κ1) is 16.1. The Labute approximate surface area is 116 Å². The van der Waals surface area contributed by atoms with E-state index in [1.807, 2.05) is 0 Å². The van der Waals surface area contributed by atoms with E-state index >= 15 is 0 Å². The Morgan fingerprint density at radius 1 is 1.25 bits per heavy atom. The second-order valence-electron chi connectivity index (χ2n) is 4.51. The standard InChI is InChI=1S/C12H19N3O5/c16-7-2-1-5-10(12(19)20)15-8-9(13-14-15)4-3-6-11(17)18/h8,10,16H,1-7H2,(H,17,18)(H,19,20). The molecule has 0 fully saturated rings. The van der Waals surface area contributed by atoms with Gasteiger partial charge in [-0.3, -0.25) is 4.79 Å². The number of aryl methyl sites for hydroxylation is 1. The zero-order chi connectivity index (χ0) is 15.0. The predicted molar refractivity (Wildman–Crippen MR) is 68.2 cm³/mol. The van der Waals surface area contributed by atoms with E-state index in [0.29, 0.717) is 37.8 Å². The van der Waals surface area contributed by atoms with Gasteiger partial charge < -0.3 is 15.3 Å². The predicted octanol–water partition coefficient (Wildman–Crippen LogP) is 0.474. The highest BCUT2D eigenvalue weighted by molar-refractivity contribution is 5.71. The Morgan fingerprint density at radius 2 is 2.00 bits per heavy atom. The quantitative estimate of drug-likeness (QED) is 0.533. The van der Waals surface area contributed by atoms with Gasteiger partial charge in [0.05, 0.1) is 5.69 Å². The van der Waals surface area contributed by atoms with Crippen molar-refractivity contribution in [3.05, 3.63) is 11.9 Å². The minimum atomic E-state index is -0.995. The molecule has 8 heteroatoms. The van der Waals surface area contributed by atoms with Gasteiger partial charge in [-0.15, -0.1) is 5.10 Å². The number of carboxylic acids is 2. The number of carboxylic acid groups (broad SMARTS) is 2. The van der Waals surface area contributed by atoms with Crippen LogP contribution < -0.4 is 0 Å². The highest BCUT2D eigenvalue weighted by Crippen LogP contribution is 2.15. The molecule has 1 heterocycles. The van der Waals surface area contributed by atoms with Gasteiger partial charge in [-0.1, -0.05) is 5.21 Å². The van der Waals surface area contributed by atoms with Crippen LogP contribution >= 0.6 is 0 Å². The van der Waals surface area contributed by atoms with E-state index in [2.05, 4.69) is 10.3 Å². The molecular formula is C12H19N3O5. The van der Waals surface area contributed by atoms with Gasteiger partial charge in [-0.2, -0.15) is 0 Å². The third-order valence-electron chi connectivity index (χ3n) is 2.87. The fourth-order valence-corrected chi connectivity index (χ4v) is 1.82. The Bertz CT molecular complexity index is 446. The van der Waals surface area contributed by atoms with Crippen molar-refractivity contribution >= 4 is 11.9 Å². The van der Waals surface area contributed by atoms with Gasteiger partial charge in [0.15, 0.2) is 6.04 Å². The molecular weight excluding hydrogens is 266 g/mol. The van der Waals surface area contributed by atoms with Crippen LogP contribution in [0.1, 0.15) is 43.8 Å². The molecule has 0 bridgehead atoms. The van der Waals surface area contributed by atoms with E-state index in [9.17, 15) is 9.59 Å². The number of aliphatic carboxylic acids is 2. The summed E-state index contributed by atoms with van der Waals surface area (Å²) in [6.45, 7) is 0.0319. The summed E-state index contributed by atoms with van der Waals surface area (Å²) in [4.78, 5) is 21.6. The Hall–Kier alpha value is -1.96. The fourth-order valence-electron chi connectivity index (χ4n) is 1.82. The van der Waals surface area contributed by atoms with Crippen molar-refractivity contribution < 1.29 is 24.9 Å². The van der Waals surface area contributed by atoms with Crippen LogP contribution in [0.25, 0.3) is 0 Å². The van der Waals surface area contributed by atoms with Gasteiger partial charge >= 0.3 is 11.9 Å². The topological polar surface area (TPSA) is 126 Å². The van der Waals surface area contributed by atoms with Crippen molar-refractivity contribution in [1.82, 2.24) is 15.0 Å². The van der Waals surface area contributed by atoms with Gasteiger partial charge in [-0.25, -0.2) is 9.48 Å². The fraction of sp³-hybridized carbons (Fsp3) is 0.667. The van der Waals surface area contributed by atoms with E-state index in [-0.39, 0.29) is 13.0 Å². The molecule has 1 rings (SSSR count). The molecule has 0 aliphatic heterocycles. The first-order valence-corrected chi connectivity index (χ1v) is 6.50.